The molecule has 1 amide bonds. The fourth-order valence-corrected chi connectivity index (χ4v) is 5.30. The van der Waals surface area contributed by atoms with E-state index < -0.39 is 0 Å². The molecule has 0 saturated heterocycles. The number of nitrogens with two attached hydrogens (primary N) is 1. The van der Waals surface area contributed by atoms with Crippen molar-refractivity contribution in [3.8, 4) is 0 Å². The number of hydrogen-bond donors (Lipinski definition) is 3. The summed E-state index contributed by atoms with van der Waals surface area (Å²) in [5.74, 6) is 1.17. The van der Waals surface area contributed by atoms with Crippen LogP contribution in [0.5, 0.6) is 0 Å². The van der Waals surface area contributed by atoms with E-state index in [1.54, 1.807) is 11.7 Å². The Bertz CT molecular complexity index is 943. The Balaban J connectivity index is 1.51. The molecule has 0 aromatic carbocycles. The molecular formula is C20H27N5O2. The average Bonchev–Trinajstić information content (AvgIpc) is 3.42. The summed E-state index contributed by atoms with van der Waals surface area (Å²) < 4.78 is 1.62. The zero-order chi connectivity index (χ0) is 18.7. The molecule has 2 unspecified atom stereocenters. The minimum atomic E-state index is -0.252. The van der Waals surface area contributed by atoms with Gasteiger partial charge in [-0.1, -0.05) is 6.42 Å². The van der Waals surface area contributed by atoms with Gasteiger partial charge in [-0.3, -0.25) is 19.4 Å². The maximum atomic E-state index is 13.3. The van der Waals surface area contributed by atoms with Crippen LogP contribution >= 0.6 is 0 Å². The van der Waals surface area contributed by atoms with Gasteiger partial charge in [0.1, 0.15) is 0 Å². The Hall–Kier alpha value is -2.15. The van der Waals surface area contributed by atoms with Crippen molar-refractivity contribution in [1.82, 2.24) is 20.1 Å². The molecule has 0 aliphatic heterocycles. The molecule has 3 fully saturated rings. The molecule has 27 heavy (non-hydrogen) atoms. The maximum absolute atomic E-state index is 13.3. The highest BCUT2D eigenvalue weighted by Gasteiger charge is 2.40. The minimum Gasteiger partial charge on any atom is -0.349 e. The Morgan fingerprint density at radius 2 is 1.96 bits per heavy atom. The number of nitrogens with one attached hydrogen (secondary N) is 2. The van der Waals surface area contributed by atoms with Gasteiger partial charge in [-0.25, -0.2) is 4.98 Å². The van der Waals surface area contributed by atoms with Crippen LogP contribution in [0.2, 0.25) is 0 Å². The molecule has 3 saturated carbocycles. The molecule has 3 aliphatic rings. The number of rotatable bonds is 3. The minimum absolute atomic E-state index is 0.140. The summed E-state index contributed by atoms with van der Waals surface area (Å²) in [6.45, 7) is 0. The first-order valence-corrected chi connectivity index (χ1v) is 10.2. The number of aromatic nitrogens is 3. The molecule has 2 bridgehead atoms. The first-order chi connectivity index (χ1) is 13.0. The molecule has 3 aliphatic carbocycles. The lowest BCUT2D eigenvalue weighted by Gasteiger charge is -2.45. The van der Waals surface area contributed by atoms with Crippen LogP contribution in [0.15, 0.2) is 10.9 Å². The van der Waals surface area contributed by atoms with E-state index in [0.29, 0.717) is 34.4 Å². The Labute approximate surface area is 157 Å². The zero-order valence-electron chi connectivity index (χ0n) is 15.7. The first-order valence-electron chi connectivity index (χ1n) is 10.2. The summed E-state index contributed by atoms with van der Waals surface area (Å²) in [6.07, 6.45) is 7.63. The molecule has 2 heterocycles. The van der Waals surface area contributed by atoms with Crippen molar-refractivity contribution in [3.05, 3.63) is 27.7 Å². The van der Waals surface area contributed by atoms with Gasteiger partial charge in [-0.05, 0) is 56.4 Å². The summed E-state index contributed by atoms with van der Waals surface area (Å²) in [5.41, 5.74) is 7.93. The molecular weight excluding hydrogens is 342 g/mol. The highest BCUT2D eigenvalue weighted by atomic mass is 16.2. The van der Waals surface area contributed by atoms with Crippen LogP contribution in [0.3, 0.4) is 0 Å². The predicted molar refractivity (Wildman–Crippen MR) is 103 cm³/mol. The van der Waals surface area contributed by atoms with Gasteiger partial charge in [0.25, 0.3) is 11.5 Å². The van der Waals surface area contributed by atoms with Gasteiger partial charge in [-0.2, -0.15) is 0 Å². The molecule has 4 N–H and O–H groups in total. The van der Waals surface area contributed by atoms with Gasteiger partial charge in [0.2, 0.25) is 0 Å². The van der Waals surface area contributed by atoms with Crippen LogP contribution in [-0.4, -0.2) is 32.8 Å². The van der Waals surface area contributed by atoms with Crippen LogP contribution in [0.4, 0.5) is 0 Å². The number of aromatic amines is 1. The van der Waals surface area contributed by atoms with Gasteiger partial charge in [-0.15, -0.1) is 0 Å². The lowest BCUT2D eigenvalue weighted by Crippen LogP contribution is -2.53. The standard InChI is InChI=1S/C20H27N5O2/c1-25-18-16(20(27)24-25)14(9-15(22-18)10-5-6-10)19(26)23-17-11-3-2-4-12(17)8-13(21)7-11/h9-13,17H,2-8,21H2,1H3,(H,23,26)(H,24,27). The highest BCUT2D eigenvalue weighted by Crippen LogP contribution is 2.41. The van der Waals surface area contributed by atoms with Gasteiger partial charge < -0.3 is 11.1 Å². The van der Waals surface area contributed by atoms with Crippen molar-refractivity contribution >= 4 is 16.9 Å². The third-order valence-corrected chi connectivity index (χ3v) is 6.75. The van der Waals surface area contributed by atoms with Crippen LogP contribution < -0.4 is 16.6 Å². The predicted octanol–water partition coefficient (Wildman–Crippen LogP) is 1.77. The molecule has 7 heteroatoms. The van der Waals surface area contributed by atoms with Crippen molar-refractivity contribution in [2.75, 3.05) is 0 Å². The quantitative estimate of drug-likeness (QED) is 0.767. The van der Waals surface area contributed by atoms with E-state index in [9.17, 15) is 9.59 Å². The lowest BCUT2D eigenvalue weighted by atomic mass is 9.67. The second-order valence-electron chi connectivity index (χ2n) is 8.75. The molecule has 144 valence electrons. The fraction of sp³-hybridized carbons (Fsp3) is 0.650. The third-order valence-electron chi connectivity index (χ3n) is 6.75. The van der Waals surface area contributed by atoms with Crippen LogP contribution in [0.25, 0.3) is 11.0 Å². The largest absolute Gasteiger partial charge is 0.349 e. The van der Waals surface area contributed by atoms with Crippen molar-refractivity contribution in [2.24, 2.45) is 24.6 Å². The second kappa shape index (κ2) is 6.19. The van der Waals surface area contributed by atoms with Crippen molar-refractivity contribution in [3.63, 3.8) is 0 Å². The van der Waals surface area contributed by atoms with E-state index in [2.05, 4.69) is 15.4 Å². The number of pyridine rings is 1. The molecule has 2 aromatic rings. The summed E-state index contributed by atoms with van der Waals surface area (Å²) in [5, 5.41) is 6.44. The molecule has 2 atom stereocenters. The normalized spacial score (nSPS) is 30.4. The molecule has 0 spiro atoms. The monoisotopic (exact) mass is 369 g/mol. The Morgan fingerprint density at radius 1 is 1.26 bits per heavy atom. The summed E-state index contributed by atoms with van der Waals surface area (Å²) in [7, 11) is 1.77. The van der Waals surface area contributed by atoms with Crippen LogP contribution in [0, 0.1) is 11.8 Å². The van der Waals surface area contributed by atoms with Gasteiger partial charge in [0.15, 0.2) is 5.65 Å². The van der Waals surface area contributed by atoms with E-state index in [1.165, 1.54) is 6.42 Å². The first kappa shape index (κ1) is 17.0. The maximum Gasteiger partial charge on any atom is 0.274 e. The zero-order valence-corrected chi connectivity index (χ0v) is 15.7. The number of nitrogens with zero attached hydrogens (tertiary/aromatic N) is 2. The summed E-state index contributed by atoms with van der Waals surface area (Å²) in [6, 6.07) is 2.26. The second-order valence-corrected chi connectivity index (χ2v) is 8.75. The highest BCUT2D eigenvalue weighted by molar-refractivity contribution is 6.05. The van der Waals surface area contributed by atoms with Crippen molar-refractivity contribution in [1.29, 1.82) is 0 Å². The number of aryl methyl sites for hydroxylation is 1. The number of carbonyl (C=O) groups is 1. The Kier molecular flexibility index (Phi) is 3.89. The molecule has 2 aromatic heterocycles. The number of H-pyrrole nitrogens is 1. The summed E-state index contributed by atoms with van der Waals surface area (Å²) >= 11 is 0. The van der Waals surface area contributed by atoms with E-state index in [-0.39, 0.29) is 23.6 Å². The van der Waals surface area contributed by atoms with E-state index >= 15 is 0 Å². The number of carbonyl (C=O) groups excluding carboxylic acids is 1. The fourth-order valence-electron chi connectivity index (χ4n) is 5.30. The van der Waals surface area contributed by atoms with Crippen LogP contribution in [0.1, 0.15) is 66.9 Å². The topological polar surface area (TPSA) is 106 Å². The Morgan fingerprint density at radius 3 is 2.63 bits per heavy atom. The SMILES string of the molecule is Cn1[nH]c(=O)c2c(C(=O)NC3C4CCCC3CC(N)C4)cc(C3CC3)nc21. The third kappa shape index (κ3) is 2.88. The van der Waals surface area contributed by atoms with Crippen molar-refractivity contribution < 1.29 is 4.79 Å². The average molecular weight is 369 g/mol. The van der Waals surface area contributed by atoms with Gasteiger partial charge >= 0.3 is 0 Å². The van der Waals surface area contributed by atoms with Gasteiger partial charge in [0.05, 0.1) is 10.9 Å². The lowest BCUT2D eigenvalue weighted by molar-refractivity contribution is 0.0757. The smallest absolute Gasteiger partial charge is 0.274 e. The van der Waals surface area contributed by atoms with Crippen LogP contribution in [-0.2, 0) is 7.05 Å². The van der Waals surface area contributed by atoms with Crippen molar-refractivity contribution in [2.45, 2.75) is 62.9 Å². The molecule has 7 nitrogen and oxygen atoms in total. The molecule has 5 rings (SSSR count). The summed E-state index contributed by atoms with van der Waals surface area (Å²) in [4.78, 5) is 30.4. The van der Waals surface area contributed by atoms with Gasteiger partial charge in [0, 0.05) is 30.7 Å². The molecule has 0 radical (unpaired) electrons. The van der Waals surface area contributed by atoms with E-state index in [0.717, 1.165) is 44.2 Å². The number of fused-ring (bicyclic) bond motifs is 3. The number of hydrogen-bond acceptors (Lipinski definition) is 4. The van der Waals surface area contributed by atoms with E-state index in [4.69, 9.17) is 5.73 Å². The number of amides is 1. The van der Waals surface area contributed by atoms with E-state index in [1.807, 2.05) is 6.07 Å².